The predicted molar refractivity (Wildman–Crippen MR) is 104 cm³/mol. The summed E-state index contributed by atoms with van der Waals surface area (Å²) >= 11 is 5.79. The maximum atomic E-state index is 12.5. The van der Waals surface area contributed by atoms with Crippen LogP contribution in [-0.2, 0) is 14.8 Å². The number of likely N-dealkylation sites (N-methyl/N-ethyl adjacent to an activating group) is 1. The minimum Gasteiger partial charge on any atom is -0.348 e. The van der Waals surface area contributed by atoms with Crippen LogP contribution in [0, 0.1) is 6.92 Å². The SMILES string of the molecule is CCC(NC(=O)CN(C)S(=O)(=O)c1ccc(Cl)cc1)c1ccc(C)cc1. The Morgan fingerprint density at radius 2 is 1.69 bits per heavy atom. The van der Waals surface area contributed by atoms with Crippen molar-refractivity contribution in [1.82, 2.24) is 9.62 Å². The van der Waals surface area contributed by atoms with E-state index in [1.807, 2.05) is 38.1 Å². The van der Waals surface area contributed by atoms with Gasteiger partial charge in [-0.05, 0) is 43.2 Å². The van der Waals surface area contributed by atoms with Crippen molar-refractivity contribution < 1.29 is 13.2 Å². The van der Waals surface area contributed by atoms with Crippen LogP contribution in [0.1, 0.15) is 30.5 Å². The van der Waals surface area contributed by atoms with Crippen LogP contribution in [0.5, 0.6) is 0 Å². The summed E-state index contributed by atoms with van der Waals surface area (Å²) in [7, 11) is -2.36. The van der Waals surface area contributed by atoms with E-state index < -0.39 is 10.0 Å². The number of hydrogen-bond acceptors (Lipinski definition) is 3. The van der Waals surface area contributed by atoms with Gasteiger partial charge in [-0.2, -0.15) is 4.31 Å². The van der Waals surface area contributed by atoms with E-state index in [0.29, 0.717) is 11.4 Å². The highest BCUT2D eigenvalue weighted by Crippen LogP contribution is 2.19. The molecule has 0 aliphatic rings. The third-order valence-corrected chi connectivity index (χ3v) is 6.18. The molecule has 26 heavy (non-hydrogen) atoms. The first-order valence-corrected chi connectivity index (χ1v) is 10.1. The van der Waals surface area contributed by atoms with Crippen LogP contribution in [-0.4, -0.2) is 32.2 Å². The Bertz CT molecular complexity index is 849. The summed E-state index contributed by atoms with van der Waals surface area (Å²) < 4.78 is 26.1. The van der Waals surface area contributed by atoms with Crippen LogP contribution in [0.25, 0.3) is 0 Å². The van der Waals surface area contributed by atoms with Gasteiger partial charge in [0.25, 0.3) is 0 Å². The van der Waals surface area contributed by atoms with E-state index in [0.717, 1.165) is 15.4 Å². The Hall–Kier alpha value is -1.89. The first-order chi connectivity index (χ1) is 12.2. The van der Waals surface area contributed by atoms with Crippen molar-refractivity contribution in [3.8, 4) is 0 Å². The number of aryl methyl sites for hydroxylation is 1. The number of benzene rings is 2. The van der Waals surface area contributed by atoms with Gasteiger partial charge in [0, 0.05) is 12.1 Å². The second-order valence-corrected chi connectivity index (χ2v) is 8.64. The normalized spacial score (nSPS) is 12.8. The molecule has 0 aromatic heterocycles. The van der Waals surface area contributed by atoms with Crippen LogP contribution < -0.4 is 5.32 Å². The summed E-state index contributed by atoms with van der Waals surface area (Å²) in [5, 5.41) is 3.35. The molecule has 0 bridgehead atoms. The van der Waals surface area contributed by atoms with Gasteiger partial charge in [-0.1, -0.05) is 48.4 Å². The van der Waals surface area contributed by atoms with Gasteiger partial charge in [-0.3, -0.25) is 4.79 Å². The molecule has 2 aromatic rings. The summed E-state index contributed by atoms with van der Waals surface area (Å²) in [4.78, 5) is 12.5. The fourth-order valence-corrected chi connectivity index (χ4v) is 3.79. The van der Waals surface area contributed by atoms with Crippen LogP contribution in [0.3, 0.4) is 0 Å². The molecule has 1 unspecified atom stereocenters. The molecule has 140 valence electrons. The molecule has 1 N–H and O–H groups in total. The number of carbonyl (C=O) groups is 1. The van der Waals surface area contributed by atoms with Gasteiger partial charge in [-0.15, -0.1) is 0 Å². The van der Waals surface area contributed by atoms with Crippen LogP contribution in [0.15, 0.2) is 53.4 Å². The third kappa shape index (κ3) is 5.06. The fraction of sp³-hybridized carbons (Fsp3) is 0.316. The van der Waals surface area contributed by atoms with Gasteiger partial charge in [-0.25, -0.2) is 8.42 Å². The van der Waals surface area contributed by atoms with Gasteiger partial charge >= 0.3 is 0 Å². The number of hydrogen-bond donors (Lipinski definition) is 1. The van der Waals surface area contributed by atoms with E-state index in [-0.39, 0.29) is 23.4 Å². The lowest BCUT2D eigenvalue weighted by Crippen LogP contribution is -2.39. The van der Waals surface area contributed by atoms with E-state index >= 15 is 0 Å². The number of amides is 1. The first-order valence-electron chi connectivity index (χ1n) is 8.32. The standard InChI is InChI=1S/C19H23ClN2O3S/c1-4-18(15-7-5-14(2)6-8-15)21-19(23)13-22(3)26(24,25)17-11-9-16(20)10-12-17/h5-12,18H,4,13H2,1-3H3,(H,21,23). The molecule has 5 nitrogen and oxygen atoms in total. The van der Waals surface area contributed by atoms with Crippen molar-refractivity contribution in [2.24, 2.45) is 0 Å². The lowest BCUT2D eigenvalue weighted by atomic mass is 10.0. The molecule has 0 radical (unpaired) electrons. The maximum absolute atomic E-state index is 12.5. The van der Waals surface area contributed by atoms with E-state index in [2.05, 4.69) is 5.32 Å². The van der Waals surface area contributed by atoms with E-state index in [1.165, 1.54) is 31.3 Å². The van der Waals surface area contributed by atoms with Crippen LogP contribution in [0.4, 0.5) is 0 Å². The zero-order valence-electron chi connectivity index (χ0n) is 15.1. The zero-order valence-corrected chi connectivity index (χ0v) is 16.6. The molecule has 2 rings (SSSR count). The third-order valence-electron chi connectivity index (χ3n) is 4.11. The number of nitrogens with zero attached hydrogens (tertiary/aromatic N) is 1. The Balaban J connectivity index is 2.05. The molecule has 0 spiro atoms. The molecule has 1 amide bonds. The van der Waals surface area contributed by atoms with Crippen molar-refractivity contribution in [2.75, 3.05) is 13.6 Å². The van der Waals surface area contributed by atoms with E-state index in [4.69, 9.17) is 11.6 Å². The van der Waals surface area contributed by atoms with Crippen molar-refractivity contribution in [2.45, 2.75) is 31.2 Å². The summed E-state index contributed by atoms with van der Waals surface area (Å²) in [6.07, 6.45) is 0.711. The fourth-order valence-electron chi connectivity index (χ4n) is 2.53. The van der Waals surface area contributed by atoms with Gasteiger partial charge in [0.1, 0.15) is 0 Å². The topological polar surface area (TPSA) is 66.5 Å². The number of sulfonamides is 1. The second-order valence-electron chi connectivity index (χ2n) is 6.15. The van der Waals surface area contributed by atoms with Gasteiger partial charge < -0.3 is 5.32 Å². The Labute approximate surface area is 160 Å². The Kier molecular flexibility index (Phi) is 6.81. The number of rotatable bonds is 7. The molecular weight excluding hydrogens is 372 g/mol. The highest BCUT2D eigenvalue weighted by Gasteiger charge is 2.24. The number of nitrogens with one attached hydrogen (secondary N) is 1. The molecule has 0 fully saturated rings. The lowest BCUT2D eigenvalue weighted by molar-refractivity contribution is -0.121. The maximum Gasteiger partial charge on any atom is 0.243 e. The zero-order chi connectivity index (χ0) is 19.3. The lowest BCUT2D eigenvalue weighted by Gasteiger charge is -2.21. The molecular formula is C19H23ClN2O3S. The minimum atomic E-state index is -3.75. The molecule has 2 aromatic carbocycles. The summed E-state index contributed by atoms with van der Waals surface area (Å²) in [6, 6.07) is 13.6. The van der Waals surface area contributed by atoms with E-state index in [1.54, 1.807) is 0 Å². The van der Waals surface area contributed by atoms with Crippen LogP contribution >= 0.6 is 11.6 Å². The molecule has 0 heterocycles. The Morgan fingerprint density at radius 3 is 2.23 bits per heavy atom. The van der Waals surface area contributed by atoms with E-state index in [9.17, 15) is 13.2 Å². The second kappa shape index (κ2) is 8.66. The largest absolute Gasteiger partial charge is 0.348 e. The number of carbonyl (C=O) groups excluding carboxylic acids is 1. The molecule has 0 saturated carbocycles. The summed E-state index contributed by atoms with van der Waals surface area (Å²) in [5.41, 5.74) is 2.14. The molecule has 7 heteroatoms. The molecule has 0 aliphatic heterocycles. The monoisotopic (exact) mass is 394 g/mol. The highest BCUT2D eigenvalue weighted by atomic mass is 35.5. The predicted octanol–water partition coefficient (Wildman–Crippen LogP) is 3.54. The van der Waals surface area contributed by atoms with Crippen molar-refractivity contribution >= 4 is 27.5 Å². The van der Waals surface area contributed by atoms with Crippen molar-refractivity contribution in [3.05, 3.63) is 64.7 Å². The van der Waals surface area contributed by atoms with Gasteiger partial charge in [0.05, 0.1) is 17.5 Å². The van der Waals surface area contributed by atoms with Gasteiger partial charge in [0.2, 0.25) is 15.9 Å². The average molecular weight is 395 g/mol. The average Bonchev–Trinajstić information content (AvgIpc) is 2.60. The summed E-state index contributed by atoms with van der Waals surface area (Å²) in [6.45, 7) is 3.71. The molecule has 1 atom stereocenters. The van der Waals surface area contributed by atoms with Gasteiger partial charge in [0.15, 0.2) is 0 Å². The van der Waals surface area contributed by atoms with Crippen LogP contribution in [0.2, 0.25) is 5.02 Å². The quantitative estimate of drug-likeness (QED) is 0.781. The minimum absolute atomic E-state index is 0.0998. The Morgan fingerprint density at radius 1 is 1.12 bits per heavy atom. The van der Waals surface area contributed by atoms with Crippen molar-refractivity contribution in [1.29, 1.82) is 0 Å². The molecule has 0 saturated heterocycles. The molecule has 0 aliphatic carbocycles. The van der Waals surface area contributed by atoms with Crippen molar-refractivity contribution in [3.63, 3.8) is 0 Å². The summed E-state index contributed by atoms with van der Waals surface area (Å²) in [5.74, 6) is -0.350. The highest BCUT2D eigenvalue weighted by molar-refractivity contribution is 7.89. The smallest absolute Gasteiger partial charge is 0.243 e. The first kappa shape index (κ1) is 20.4. The number of halogens is 1.